The molecule has 7 nitrogen and oxygen atoms in total. The monoisotopic (exact) mass is 448 g/mol. The van der Waals surface area contributed by atoms with Gasteiger partial charge in [0.2, 0.25) is 0 Å². The number of hydrogen-bond acceptors (Lipinski definition) is 6. The molecule has 0 aromatic heterocycles. The Labute approximate surface area is 193 Å². The molecule has 0 spiro atoms. The third kappa shape index (κ3) is 7.36. The summed E-state index contributed by atoms with van der Waals surface area (Å²) >= 11 is 0. The maximum absolute atomic E-state index is 11.0. The Morgan fingerprint density at radius 1 is 0.939 bits per heavy atom. The fourth-order valence-corrected chi connectivity index (χ4v) is 3.26. The van der Waals surface area contributed by atoms with Crippen LogP contribution in [-0.4, -0.2) is 37.6 Å². The van der Waals surface area contributed by atoms with Gasteiger partial charge in [-0.1, -0.05) is 59.8 Å². The fraction of sp³-hybridized carbons (Fsp3) is 0.231. The average molecular weight is 449 g/mol. The minimum absolute atomic E-state index is 0.0231. The van der Waals surface area contributed by atoms with Crippen LogP contribution in [0.2, 0.25) is 0 Å². The van der Waals surface area contributed by atoms with E-state index in [0.717, 1.165) is 22.4 Å². The summed E-state index contributed by atoms with van der Waals surface area (Å²) in [5.74, 6) is 0.594. The Bertz CT molecular complexity index is 1030. The van der Waals surface area contributed by atoms with Gasteiger partial charge in [-0.15, -0.1) is 0 Å². The van der Waals surface area contributed by atoms with E-state index in [1.54, 1.807) is 7.05 Å². The molecule has 0 aliphatic carbocycles. The molecule has 0 amide bonds. The van der Waals surface area contributed by atoms with E-state index in [0.29, 0.717) is 18.1 Å². The minimum Gasteiger partial charge on any atom is -0.489 e. The third-order valence-corrected chi connectivity index (χ3v) is 5.02. The van der Waals surface area contributed by atoms with Crippen molar-refractivity contribution in [1.29, 1.82) is 0 Å². The summed E-state index contributed by atoms with van der Waals surface area (Å²) in [6.07, 6.45) is 0.0231. The standard InChI is InChI=1S/C26H28N2O5/c1-27-24(16-26(29)30)21-10-14-23(15-11-21)32-17-19-8-12-22(13-9-19)33-18-25(28-31-2)20-6-4-3-5-7-20/h3-15,24,27H,16-18H2,1-2H3,(H,29,30)/b28-25+. The highest BCUT2D eigenvalue weighted by Gasteiger charge is 2.13. The molecule has 172 valence electrons. The molecule has 33 heavy (non-hydrogen) atoms. The van der Waals surface area contributed by atoms with E-state index in [4.69, 9.17) is 19.4 Å². The Hall–Kier alpha value is -3.84. The Balaban J connectivity index is 1.52. The van der Waals surface area contributed by atoms with Gasteiger partial charge in [0.05, 0.1) is 6.42 Å². The molecule has 1 atom stereocenters. The molecule has 0 saturated heterocycles. The van der Waals surface area contributed by atoms with Crippen molar-refractivity contribution in [2.24, 2.45) is 5.16 Å². The van der Waals surface area contributed by atoms with Crippen LogP contribution in [0.5, 0.6) is 11.5 Å². The zero-order valence-electron chi connectivity index (χ0n) is 18.7. The highest BCUT2D eigenvalue weighted by Crippen LogP contribution is 2.21. The molecule has 2 N–H and O–H groups in total. The van der Waals surface area contributed by atoms with E-state index in [1.165, 1.54) is 7.11 Å². The summed E-state index contributed by atoms with van der Waals surface area (Å²) in [6, 6.07) is 24.6. The third-order valence-electron chi connectivity index (χ3n) is 5.02. The first-order valence-electron chi connectivity index (χ1n) is 10.6. The number of hydrogen-bond donors (Lipinski definition) is 2. The number of carboxylic acids is 1. The number of benzene rings is 3. The zero-order valence-corrected chi connectivity index (χ0v) is 18.7. The largest absolute Gasteiger partial charge is 0.489 e. The molecule has 0 radical (unpaired) electrons. The molecule has 7 heteroatoms. The van der Waals surface area contributed by atoms with Crippen molar-refractivity contribution in [3.8, 4) is 11.5 Å². The number of nitrogens with zero attached hydrogens (tertiary/aromatic N) is 1. The first kappa shape index (κ1) is 23.8. The summed E-state index contributed by atoms with van der Waals surface area (Å²) in [6.45, 7) is 0.695. The fourth-order valence-electron chi connectivity index (χ4n) is 3.26. The molecule has 0 bridgehead atoms. The number of rotatable bonds is 12. The van der Waals surface area contributed by atoms with E-state index >= 15 is 0 Å². The quantitative estimate of drug-likeness (QED) is 0.315. The second kappa shape index (κ2) is 12.3. The SMILES string of the molecule is CNC(CC(=O)O)c1ccc(OCc2ccc(OC/C(=N\OC)c3ccccc3)cc2)cc1. The Morgan fingerprint density at radius 3 is 2.18 bits per heavy atom. The first-order valence-corrected chi connectivity index (χ1v) is 10.6. The molecule has 0 heterocycles. The molecule has 3 aromatic rings. The van der Waals surface area contributed by atoms with Crippen molar-refractivity contribution in [1.82, 2.24) is 5.32 Å². The van der Waals surface area contributed by atoms with Crippen molar-refractivity contribution in [3.63, 3.8) is 0 Å². The summed E-state index contributed by atoms with van der Waals surface area (Å²) in [4.78, 5) is 15.9. The van der Waals surface area contributed by atoms with E-state index in [1.807, 2.05) is 78.9 Å². The van der Waals surface area contributed by atoms with Gasteiger partial charge in [0.15, 0.2) is 0 Å². The van der Waals surface area contributed by atoms with Crippen LogP contribution in [0.4, 0.5) is 0 Å². The Kier molecular flexibility index (Phi) is 8.85. The summed E-state index contributed by atoms with van der Waals surface area (Å²) < 4.78 is 11.7. The number of carboxylic acid groups (broad SMARTS) is 1. The van der Waals surface area contributed by atoms with Crippen LogP contribution < -0.4 is 14.8 Å². The summed E-state index contributed by atoms with van der Waals surface area (Å²) in [5.41, 5.74) is 3.55. The number of oxime groups is 1. The molecule has 0 aliphatic heterocycles. The van der Waals surface area contributed by atoms with E-state index in [9.17, 15) is 4.79 Å². The van der Waals surface area contributed by atoms with Crippen molar-refractivity contribution in [2.75, 3.05) is 20.8 Å². The van der Waals surface area contributed by atoms with Crippen LogP contribution in [0.1, 0.15) is 29.2 Å². The van der Waals surface area contributed by atoms with Crippen LogP contribution in [-0.2, 0) is 16.2 Å². The van der Waals surface area contributed by atoms with Crippen molar-refractivity contribution < 1.29 is 24.2 Å². The summed E-state index contributed by atoms with van der Waals surface area (Å²) in [7, 11) is 3.26. The van der Waals surface area contributed by atoms with E-state index in [2.05, 4.69) is 10.5 Å². The zero-order chi connectivity index (χ0) is 23.5. The molecule has 3 aromatic carbocycles. The molecule has 0 saturated carbocycles. The first-order chi connectivity index (χ1) is 16.1. The van der Waals surface area contributed by atoms with Crippen LogP contribution in [0.25, 0.3) is 0 Å². The van der Waals surface area contributed by atoms with E-state index in [-0.39, 0.29) is 19.1 Å². The molecule has 3 rings (SSSR count). The van der Waals surface area contributed by atoms with Crippen LogP contribution >= 0.6 is 0 Å². The second-order valence-corrected chi connectivity index (χ2v) is 7.32. The number of ether oxygens (including phenoxy) is 2. The number of nitrogens with one attached hydrogen (secondary N) is 1. The van der Waals surface area contributed by atoms with Crippen molar-refractivity contribution in [3.05, 3.63) is 95.6 Å². The maximum Gasteiger partial charge on any atom is 0.305 e. The normalized spacial score (nSPS) is 12.1. The van der Waals surface area contributed by atoms with Gasteiger partial charge in [0.25, 0.3) is 0 Å². The predicted octanol–water partition coefficient (Wildman–Crippen LogP) is 4.43. The molecule has 0 fully saturated rings. The topological polar surface area (TPSA) is 89.4 Å². The van der Waals surface area contributed by atoms with Gasteiger partial charge in [0.1, 0.15) is 37.5 Å². The van der Waals surface area contributed by atoms with Crippen LogP contribution in [0, 0.1) is 0 Å². The Morgan fingerprint density at radius 2 is 1.58 bits per heavy atom. The van der Waals surface area contributed by atoms with Gasteiger partial charge in [-0.3, -0.25) is 4.79 Å². The van der Waals surface area contributed by atoms with Gasteiger partial charge in [-0.25, -0.2) is 0 Å². The molecular formula is C26H28N2O5. The second-order valence-electron chi connectivity index (χ2n) is 7.32. The lowest BCUT2D eigenvalue weighted by Gasteiger charge is -2.15. The lowest BCUT2D eigenvalue weighted by atomic mass is 10.0. The lowest BCUT2D eigenvalue weighted by molar-refractivity contribution is -0.137. The lowest BCUT2D eigenvalue weighted by Crippen LogP contribution is -2.19. The number of carbonyl (C=O) groups is 1. The molecule has 0 aliphatic rings. The van der Waals surface area contributed by atoms with Crippen LogP contribution in [0.15, 0.2) is 84.0 Å². The predicted molar refractivity (Wildman–Crippen MR) is 127 cm³/mol. The van der Waals surface area contributed by atoms with Gasteiger partial charge in [-0.2, -0.15) is 0 Å². The highest BCUT2D eigenvalue weighted by atomic mass is 16.6. The number of aliphatic carboxylic acids is 1. The van der Waals surface area contributed by atoms with Crippen molar-refractivity contribution >= 4 is 11.7 Å². The molecule has 1 unspecified atom stereocenters. The van der Waals surface area contributed by atoms with Crippen LogP contribution in [0.3, 0.4) is 0 Å². The molecular weight excluding hydrogens is 420 g/mol. The van der Waals surface area contributed by atoms with E-state index < -0.39 is 5.97 Å². The van der Waals surface area contributed by atoms with Crippen molar-refractivity contribution in [2.45, 2.75) is 19.1 Å². The van der Waals surface area contributed by atoms with Gasteiger partial charge in [0, 0.05) is 11.6 Å². The summed E-state index contributed by atoms with van der Waals surface area (Å²) in [5, 5.41) is 16.1. The maximum atomic E-state index is 11.0. The van der Waals surface area contributed by atoms with Gasteiger partial charge >= 0.3 is 5.97 Å². The smallest absolute Gasteiger partial charge is 0.305 e. The van der Waals surface area contributed by atoms with Gasteiger partial charge < -0.3 is 24.7 Å². The van der Waals surface area contributed by atoms with Gasteiger partial charge in [-0.05, 0) is 42.4 Å². The highest BCUT2D eigenvalue weighted by molar-refractivity contribution is 6.01. The average Bonchev–Trinajstić information content (AvgIpc) is 2.85. The minimum atomic E-state index is -0.843.